The third-order valence-electron chi connectivity index (χ3n) is 2.48. The van der Waals surface area contributed by atoms with Gasteiger partial charge in [0.05, 0.1) is 12.3 Å². The molecule has 1 N–H and O–H groups in total. The van der Waals surface area contributed by atoms with Gasteiger partial charge in [0.1, 0.15) is 0 Å². The monoisotopic (exact) mass is 255 g/mol. The highest BCUT2D eigenvalue weighted by atomic mass is 32.2. The second-order valence-electron chi connectivity index (χ2n) is 3.78. The number of thioether (sulfide) groups is 1. The maximum Gasteiger partial charge on any atom is 0.231 e. The van der Waals surface area contributed by atoms with Crippen molar-refractivity contribution in [3.63, 3.8) is 0 Å². The molecule has 0 saturated heterocycles. The summed E-state index contributed by atoms with van der Waals surface area (Å²) >= 11 is 1.51. The lowest BCUT2D eigenvalue weighted by molar-refractivity contribution is -0.118. The van der Waals surface area contributed by atoms with E-state index in [4.69, 9.17) is 6.42 Å². The first kappa shape index (κ1) is 12.5. The van der Waals surface area contributed by atoms with Crippen LogP contribution in [0.3, 0.4) is 0 Å². The van der Waals surface area contributed by atoms with E-state index in [-0.39, 0.29) is 12.5 Å². The van der Waals surface area contributed by atoms with Gasteiger partial charge >= 0.3 is 0 Å². The van der Waals surface area contributed by atoms with Crippen molar-refractivity contribution in [1.82, 2.24) is 5.32 Å². The summed E-state index contributed by atoms with van der Waals surface area (Å²) in [6.45, 7) is 0.289. The van der Waals surface area contributed by atoms with E-state index in [0.29, 0.717) is 5.75 Å². The van der Waals surface area contributed by atoms with Gasteiger partial charge in [-0.05, 0) is 22.9 Å². The molecule has 2 nitrogen and oxygen atoms in total. The van der Waals surface area contributed by atoms with Gasteiger partial charge in [-0.15, -0.1) is 18.2 Å². The standard InChI is InChI=1S/C15H13NOS/c1-2-9-16-15(17)11-18-14-8-7-12-5-3-4-6-13(12)10-14/h1,3-8,10H,9,11H2,(H,16,17). The summed E-state index contributed by atoms with van der Waals surface area (Å²) in [5.41, 5.74) is 0. The topological polar surface area (TPSA) is 29.1 Å². The third kappa shape index (κ3) is 3.28. The predicted octanol–water partition coefficient (Wildman–Crippen LogP) is 2.68. The maximum absolute atomic E-state index is 11.4. The van der Waals surface area contributed by atoms with Crippen molar-refractivity contribution in [2.24, 2.45) is 0 Å². The molecule has 3 heteroatoms. The fraction of sp³-hybridized carbons (Fsp3) is 0.133. The summed E-state index contributed by atoms with van der Waals surface area (Å²) in [4.78, 5) is 12.5. The van der Waals surface area contributed by atoms with Crippen LogP contribution in [0.15, 0.2) is 47.4 Å². The average molecular weight is 255 g/mol. The van der Waals surface area contributed by atoms with Crippen molar-refractivity contribution in [2.45, 2.75) is 4.90 Å². The lowest BCUT2D eigenvalue weighted by atomic mass is 10.1. The van der Waals surface area contributed by atoms with Crippen LogP contribution in [-0.2, 0) is 4.79 Å². The molecular formula is C15H13NOS. The van der Waals surface area contributed by atoms with Crippen LogP contribution in [0.4, 0.5) is 0 Å². The first-order valence-corrected chi connectivity index (χ1v) is 6.60. The summed E-state index contributed by atoms with van der Waals surface area (Å²) in [7, 11) is 0. The zero-order valence-electron chi connectivity index (χ0n) is 9.85. The number of benzene rings is 2. The predicted molar refractivity (Wildman–Crippen MR) is 76.5 cm³/mol. The van der Waals surface area contributed by atoms with E-state index in [1.165, 1.54) is 22.5 Å². The summed E-state index contributed by atoms with van der Waals surface area (Å²) in [6, 6.07) is 14.4. The van der Waals surface area contributed by atoms with Crippen LogP contribution in [0.2, 0.25) is 0 Å². The highest BCUT2D eigenvalue weighted by molar-refractivity contribution is 8.00. The molecule has 0 aliphatic carbocycles. The Morgan fingerprint density at radius 2 is 2.00 bits per heavy atom. The van der Waals surface area contributed by atoms with Crippen LogP contribution < -0.4 is 5.32 Å². The number of hydrogen-bond donors (Lipinski definition) is 1. The Morgan fingerprint density at radius 3 is 2.78 bits per heavy atom. The van der Waals surface area contributed by atoms with E-state index in [9.17, 15) is 4.79 Å². The highest BCUT2D eigenvalue weighted by Gasteiger charge is 2.02. The van der Waals surface area contributed by atoms with Gasteiger partial charge in [-0.25, -0.2) is 0 Å². The molecule has 0 aromatic heterocycles. The second-order valence-corrected chi connectivity index (χ2v) is 4.83. The number of hydrogen-bond acceptors (Lipinski definition) is 2. The molecule has 1 amide bonds. The lowest BCUT2D eigenvalue weighted by Crippen LogP contribution is -2.25. The lowest BCUT2D eigenvalue weighted by Gasteiger charge is -2.04. The van der Waals surface area contributed by atoms with Crippen LogP contribution in [0, 0.1) is 12.3 Å². The van der Waals surface area contributed by atoms with E-state index in [2.05, 4.69) is 35.5 Å². The Kier molecular flexibility index (Phi) is 4.27. The summed E-state index contributed by atoms with van der Waals surface area (Å²) in [5, 5.41) is 5.04. The van der Waals surface area contributed by atoms with Gasteiger partial charge in [0.2, 0.25) is 5.91 Å². The molecule has 0 spiro atoms. The van der Waals surface area contributed by atoms with Crippen molar-refractivity contribution in [1.29, 1.82) is 0 Å². The van der Waals surface area contributed by atoms with Gasteiger partial charge in [-0.1, -0.05) is 36.3 Å². The van der Waals surface area contributed by atoms with E-state index in [1.54, 1.807) is 0 Å². The molecular weight excluding hydrogens is 242 g/mol. The molecule has 0 atom stereocenters. The number of amides is 1. The van der Waals surface area contributed by atoms with Gasteiger partial charge in [0, 0.05) is 4.90 Å². The van der Waals surface area contributed by atoms with Crippen LogP contribution in [0.25, 0.3) is 10.8 Å². The SMILES string of the molecule is C#CCNC(=O)CSc1ccc2ccccc2c1. The van der Waals surface area contributed by atoms with E-state index >= 15 is 0 Å². The van der Waals surface area contributed by atoms with Crippen LogP contribution >= 0.6 is 11.8 Å². The van der Waals surface area contributed by atoms with Crippen LogP contribution in [0.5, 0.6) is 0 Å². The fourth-order valence-electron chi connectivity index (χ4n) is 1.61. The zero-order valence-corrected chi connectivity index (χ0v) is 10.7. The van der Waals surface area contributed by atoms with E-state index in [1.807, 2.05) is 18.2 Å². The zero-order chi connectivity index (χ0) is 12.8. The molecule has 2 rings (SSSR count). The molecule has 0 aliphatic heterocycles. The van der Waals surface area contributed by atoms with Crippen molar-refractivity contribution >= 4 is 28.4 Å². The Labute approximate surface area is 111 Å². The van der Waals surface area contributed by atoms with Gasteiger partial charge in [0.15, 0.2) is 0 Å². The first-order valence-electron chi connectivity index (χ1n) is 5.61. The Bertz CT molecular complexity index is 601. The summed E-state index contributed by atoms with van der Waals surface area (Å²) in [5.74, 6) is 2.73. The molecule has 0 fully saturated rings. The molecule has 18 heavy (non-hydrogen) atoms. The van der Waals surface area contributed by atoms with E-state index < -0.39 is 0 Å². The van der Waals surface area contributed by atoms with Crippen molar-refractivity contribution < 1.29 is 4.79 Å². The van der Waals surface area contributed by atoms with Gasteiger partial charge in [-0.3, -0.25) is 4.79 Å². The largest absolute Gasteiger partial charge is 0.344 e. The second kappa shape index (κ2) is 6.13. The molecule has 0 saturated carbocycles. The van der Waals surface area contributed by atoms with Crippen molar-refractivity contribution in [2.75, 3.05) is 12.3 Å². The van der Waals surface area contributed by atoms with Gasteiger partial charge < -0.3 is 5.32 Å². The fourth-order valence-corrected chi connectivity index (χ4v) is 2.38. The molecule has 0 radical (unpaired) electrons. The quantitative estimate of drug-likeness (QED) is 0.672. The first-order chi connectivity index (χ1) is 8.79. The average Bonchev–Trinajstić information content (AvgIpc) is 2.42. The number of fused-ring (bicyclic) bond motifs is 1. The van der Waals surface area contributed by atoms with Gasteiger partial charge in [-0.2, -0.15) is 0 Å². The van der Waals surface area contributed by atoms with Crippen molar-refractivity contribution in [3.8, 4) is 12.3 Å². The Balaban J connectivity index is 2.00. The summed E-state index contributed by atoms with van der Waals surface area (Å²) < 4.78 is 0. The summed E-state index contributed by atoms with van der Waals surface area (Å²) in [6.07, 6.45) is 5.07. The number of nitrogens with one attached hydrogen (secondary N) is 1. The van der Waals surface area contributed by atoms with Gasteiger partial charge in [0.25, 0.3) is 0 Å². The smallest absolute Gasteiger partial charge is 0.231 e. The van der Waals surface area contributed by atoms with Crippen LogP contribution in [-0.4, -0.2) is 18.2 Å². The maximum atomic E-state index is 11.4. The minimum Gasteiger partial charge on any atom is -0.344 e. The minimum absolute atomic E-state index is 0.0360. The molecule has 0 aliphatic rings. The number of terminal acetylenes is 1. The van der Waals surface area contributed by atoms with Crippen LogP contribution in [0.1, 0.15) is 0 Å². The molecule has 0 bridgehead atoms. The minimum atomic E-state index is -0.0360. The highest BCUT2D eigenvalue weighted by Crippen LogP contribution is 2.23. The number of rotatable bonds is 4. The molecule has 2 aromatic carbocycles. The van der Waals surface area contributed by atoms with Crippen molar-refractivity contribution in [3.05, 3.63) is 42.5 Å². The normalized spacial score (nSPS) is 9.94. The third-order valence-corrected chi connectivity index (χ3v) is 3.47. The Morgan fingerprint density at radius 1 is 1.22 bits per heavy atom. The number of carbonyl (C=O) groups is 1. The molecule has 2 aromatic rings. The molecule has 90 valence electrons. The molecule has 0 heterocycles. The Hall–Kier alpha value is -1.92. The van der Waals surface area contributed by atoms with E-state index in [0.717, 1.165) is 4.90 Å². The molecule has 0 unspecified atom stereocenters. The number of carbonyl (C=O) groups excluding carboxylic acids is 1.